The van der Waals surface area contributed by atoms with Crippen LogP contribution in [0.4, 0.5) is 0 Å². The van der Waals surface area contributed by atoms with Crippen molar-refractivity contribution in [3.8, 4) is 0 Å². The van der Waals surface area contributed by atoms with E-state index < -0.39 is 0 Å². The van der Waals surface area contributed by atoms with Crippen LogP contribution in [0.25, 0.3) is 0 Å². The van der Waals surface area contributed by atoms with Crippen LogP contribution in [0, 0.1) is 11.3 Å². The van der Waals surface area contributed by atoms with Crippen molar-refractivity contribution < 1.29 is 4.79 Å². The molecule has 0 bridgehead atoms. The average Bonchev–Trinajstić information content (AvgIpc) is 2.67. The van der Waals surface area contributed by atoms with Crippen molar-refractivity contribution in [3.05, 3.63) is 34.9 Å². The van der Waals surface area contributed by atoms with Gasteiger partial charge >= 0.3 is 0 Å². The van der Waals surface area contributed by atoms with Crippen LogP contribution < -0.4 is 0 Å². The minimum atomic E-state index is -0.182. The van der Waals surface area contributed by atoms with Gasteiger partial charge in [0.1, 0.15) is 0 Å². The van der Waals surface area contributed by atoms with E-state index in [1.807, 2.05) is 0 Å². The monoisotopic (exact) mass is 367 g/mol. The second-order valence-corrected chi connectivity index (χ2v) is 10.2. The Kier molecular flexibility index (Phi) is 4.89. The van der Waals surface area contributed by atoms with E-state index in [1.54, 1.807) is 11.1 Å². The van der Waals surface area contributed by atoms with E-state index in [1.165, 1.54) is 44.1 Å². The Hall–Kier alpha value is -1.31. The van der Waals surface area contributed by atoms with Crippen molar-refractivity contribution in [2.75, 3.05) is 13.1 Å². The van der Waals surface area contributed by atoms with E-state index in [-0.39, 0.29) is 10.8 Å². The van der Waals surface area contributed by atoms with E-state index in [4.69, 9.17) is 0 Å². The van der Waals surface area contributed by atoms with Crippen molar-refractivity contribution in [2.45, 2.75) is 90.4 Å². The molecule has 2 fully saturated rings. The lowest BCUT2D eigenvalue weighted by Gasteiger charge is -2.55. The first-order chi connectivity index (χ1) is 12.9. The second-order valence-electron chi connectivity index (χ2n) is 10.2. The number of amides is 1. The normalized spacial score (nSPS) is 33.5. The lowest BCUT2D eigenvalue weighted by atomic mass is 9.49. The maximum absolute atomic E-state index is 13.7. The number of carbonyl (C=O) groups excluding carboxylic acids is 1. The van der Waals surface area contributed by atoms with Crippen LogP contribution >= 0.6 is 0 Å². The van der Waals surface area contributed by atoms with Gasteiger partial charge in [-0.3, -0.25) is 4.79 Å². The molecule has 3 aliphatic rings. The Bertz CT molecular complexity index is 717. The van der Waals surface area contributed by atoms with Crippen LogP contribution in [0.2, 0.25) is 0 Å². The Morgan fingerprint density at radius 3 is 2.52 bits per heavy atom. The summed E-state index contributed by atoms with van der Waals surface area (Å²) < 4.78 is 0. The maximum Gasteiger partial charge on any atom is 0.228 e. The van der Waals surface area contributed by atoms with Crippen LogP contribution in [0.15, 0.2) is 18.2 Å². The fourth-order valence-electron chi connectivity index (χ4n) is 6.58. The summed E-state index contributed by atoms with van der Waals surface area (Å²) in [4.78, 5) is 15.9. The van der Waals surface area contributed by atoms with Gasteiger partial charge in [-0.15, -0.1) is 0 Å². The minimum Gasteiger partial charge on any atom is -0.342 e. The molecule has 27 heavy (non-hydrogen) atoms. The molecule has 2 aliphatic carbocycles. The fraction of sp³-hybridized carbons (Fsp3) is 0.720. The lowest BCUT2D eigenvalue weighted by molar-refractivity contribution is -0.151. The smallest absolute Gasteiger partial charge is 0.228 e. The van der Waals surface area contributed by atoms with Gasteiger partial charge in [-0.2, -0.15) is 0 Å². The summed E-state index contributed by atoms with van der Waals surface area (Å²) >= 11 is 0. The number of likely N-dealkylation sites (tertiary alicyclic amines) is 1. The molecule has 1 amide bonds. The zero-order chi connectivity index (χ0) is 19.2. The third kappa shape index (κ3) is 3.04. The average molecular weight is 368 g/mol. The molecule has 4 rings (SSSR count). The van der Waals surface area contributed by atoms with Crippen LogP contribution in [-0.2, 0) is 16.6 Å². The molecular formula is C25H37NO. The molecule has 1 heterocycles. The molecule has 0 radical (unpaired) electrons. The van der Waals surface area contributed by atoms with Gasteiger partial charge in [0, 0.05) is 13.1 Å². The van der Waals surface area contributed by atoms with Gasteiger partial charge in [0.25, 0.3) is 0 Å². The Morgan fingerprint density at radius 2 is 1.81 bits per heavy atom. The number of aryl methyl sites for hydroxylation is 1. The molecule has 1 saturated carbocycles. The number of fused-ring (bicyclic) bond motifs is 3. The summed E-state index contributed by atoms with van der Waals surface area (Å²) in [5, 5.41) is 0. The summed E-state index contributed by atoms with van der Waals surface area (Å²) in [5.74, 6) is 1.52. The highest BCUT2D eigenvalue weighted by Gasteiger charge is 2.55. The van der Waals surface area contributed by atoms with Crippen LogP contribution in [0.3, 0.4) is 0 Å². The molecule has 0 aromatic heterocycles. The molecule has 1 saturated heterocycles. The van der Waals surface area contributed by atoms with Gasteiger partial charge in [0.05, 0.1) is 5.41 Å². The number of hydrogen-bond donors (Lipinski definition) is 0. The van der Waals surface area contributed by atoms with Gasteiger partial charge in [0.2, 0.25) is 5.91 Å². The summed E-state index contributed by atoms with van der Waals surface area (Å²) in [6.45, 7) is 11.3. The zero-order valence-electron chi connectivity index (χ0n) is 17.8. The number of rotatable bonds is 2. The molecule has 2 nitrogen and oxygen atoms in total. The number of piperidine rings is 1. The van der Waals surface area contributed by atoms with Crippen LogP contribution in [0.1, 0.15) is 95.2 Å². The minimum absolute atomic E-state index is 0.154. The van der Waals surface area contributed by atoms with Gasteiger partial charge < -0.3 is 4.90 Å². The molecule has 1 aliphatic heterocycles. The fourth-order valence-corrected chi connectivity index (χ4v) is 6.58. The SMILES string of the molecule is CC(C)c1ccc2c(c1)CC[C@H]1[C@@]2(C)CCC[C@]1(C)C(=O)N1CCCCC1. The molecular weight excluding hydrogens is 330 g/mol. The van der Waals surface area contributed by atoms with Gasteiger partial charge in [-0.05, 0) is 78.9 Å². The molecule has 0 spiro atoms. The number of nitrogens with zero attached hydrogens (tertiary/aromatic N) is 1. The standard InChI is InChI=1S/C25H37NO/c1-18(2)19-9-11-21-20(17-19)10-12-22-24(21,3)13-8-14-25(22,4)23(27)26-15-6-5-7-16-26/h9,11,17-18,22H,5-8,10,12-16H2,1-4H3/t22-,24-,25-/m0/s1. The predicted molar refractivity (Wildman–Crippen MR) is 112 cm³/mol. The number of hydrogen-bond acceptors (Lipinski definition) is 1. The third-order valence-corrected chi connectivity index (χ3v) is 8.18. The van der Waals surface area contributed by atoms with Crippen molar-refractivity contribution >= 4 is 5.91 Å². The summed E-state index contributed by atoms with van der Waals surface area (Å²) in [6, 6.07) is 7.21. The molecule has 148 valence electrons. The highest BCUT2D eigenvalue weighted by atomic mass is 16.2. The molecule has 0 N–H and O–H groups in total. The maximum atomic E-state index is 13.7. The summed E-state index contributed by atoms with van der Waals surface area (Å²) in [5.41, 5.74) is 4.52. The zero-order valence-corrected chi connectivity index (χ0v) is 17.8. The van der Waals surface area contributed by atoms with Crippen molar-refractivity contribution in [1.82, 2.24) is 4.90 Å². The third-order valence-electron chi connectivity index (χ3n) is 8.18. The molecule has 3 atom stereocenters. The highest BCUT2D eigenvalue weighted by molar-refractivity contribution is 5.83. The largest absolute Gasteiger partial charge is 0.342 e. The van der Waals surface area contributed by atoms with Gasteiger partial charge in [-0.25, -0.2) is 0 Å². The van der Waals surface area contributed by atoms with E-state index in [2.05, 4.69) is 50.8 Å². The van der Waals surface area contributed by atoms with Crippen molar-refractivity contribution in [1.29, 1.82) is 0 Å². The van der Waals surface area contributed by atoms with Gasteiger partial charge in [0.15, 0.2) is 0 Å². The van der Waals surface area contributed by atoms with E-state index >= 15 is 0 Å². The van der Waals surface area contributed by atoms with E-state index in [9.17, 15) is 4.79 Å². The first-order valence-electron chi connectivity index (χ1n) is 11.3. The van der Waals surface area contributed by atoms with Crippen LogP contribution in [0.5, 0.6) is 0 Å². The van der Waals surface area contributed by atoms with E-state index in [0.29, 0.717) is 17.7 Å². The Labute approximate surface area is 165 Å². The lowest BCUT2D eigenvalue weighted by Crippen LogP contribution is -2.56. The van der Waals surface area contributed by atoms with Crippen molar-refractivity contribution in [2.24, 2.45) is 11.3 Å². The first-order valence-corrected chi connectivity index (χ1v) is 11.3. The summed E-state index contributed by atoms with van der Waals surface area (Å²) in [6.07, 6.45) is 9.44. The number of carbonyl (C=O) groups is 1. The Balaban J connectivity index is 1.68. The number of benzene rings is 1. The molecule has 2 heteroatoms. The van der Waals surface area contributed by atoms with Gasteiger partial charge in [-0.1, -0.05) is 52.3 Å². The van der Waals surface area contributed by atoms with E-state index in [0.717, 1.165) is 25.9 Å². The first kappa shape index (κ1) is 19.0. The van der Waals surface area contributed by atoms with Crippen molar-refractivity contribution in [3.63, 3.8) is 0 Å². The molecule has 0 unspecified atom stereocenters. The quantitative estimate of drug-likeness (QED) is 0.644. The highest BCUT2D eigenvalue weighted by Crippen LogP contribution is 2.58. The Morgan fingerprint density at radius 1 is 1.07 bits per heavy atom. The molecule has 1 aromatic rings. The predicted octanol–water partition coefficient (Wildman–Crippen LogP) is 5.83. The summed E-state index contributed by atoms with van der Waals surface area (Å²) in [7, 11) is 0. The molecule has 1 aromatic carbocycles. The second kappa shape index (κ2) is 6.94. The van der Waals surface area contributed by atoms with Crippen LogP contribution in [-0.4, -0.2) is 23.9 Å². The topological polar surface area (TPSA) is 20.3 Å².